The number of esters is 1. The molecule has 0 bridgehead atoms. The molecule has 22 heavy (non-hydrogen) atoms. The van der Waals surface area contributed by atoms with Gasteiger partial charge in [0.05, 0.1) is 6.61 Å². The highest BCUT2D eigenvalue weighted by Crippen LogP contribution is 2.31. The second kappa shape index (κ2) is 6.43. The number of rotatable bonds is 4. The molecule has 1 aliphatic rings. The van der Waals surface area contributed by atoms with E-state index in [1.165, 1.54) is 0 Å². The second-order valence-electron chi connectivity index (χ2n) is 4.95. The Morgan fingerprint density at radius 2 is 1.73 bits per heavy atom. The van der Waals surface area contributed by atoms with E-state index in [0.717, 1.165) is 11.1 Å². The average molecular weight is 295 g/mol. The molecule has 0 amide bonds. The monoisotopic (exact) mass is 295 g/mol. The molecule has 2 aromatic carbocycles. The van der Waals surface area contributed by atoms with Gasteiger partial charge in [0.2, 0.25) is 12.0 Å². The molecule has 0 aromatic heterocycles. The molecule has 0 aliphatic carbocycles. The number of aliphatic imine (C=N–C) groups is 1. The van der Waals surface area contributed by atoms with E-state index < -0.39 is 6.10 Å². The van der Waals surface area contributed by atoms with Crippen molar-refractivity contribution in [1.82, 2.24) is 0 Å². The predicted octanol–water partition coefficient (Wildman–Crippen LogP) is 3.14. The molecule has 2 atom stereocenters. The molecule has 0 saturated carbocycles. The quantitative estimate of drug-likeness (QED) is 0.814. The lowest BCUT2D eigenvalue weighted by Crippen LogP contribution is -2.29. The van der Waals surface area contributed by atoms with Crippen molar-refractivity contribution in [3.63, 3.8) is 0 Å². The van der Waals surface area contributed by atoms with Crippen LogP contribution in [0.5, 0.6) is 0 Å². The van der Waals surface area contributed by atoms with E-state index in [0.29, 0.717) is 12.5 Å². The average Bonchev–Trinajstić information content (AvgIpc) is 3.02. The van der Waals surface area contributed by atoms with Gasteiger partial charge < -0.3 is 9.47 Å². The van der Waals surface area contributed by atoms with Crippen LogP contribution in [0.1, 0.15) is 24.1 Å². The van der Waals surface area contributed by atoms with Crippen molar-refractivity contribution in [2.45, 2.75) is 19.1 Å². The maximum Gasteiger partial charge on any atom is 0.350 e. The van der Waals surface area contributed by atoms with E-state index >= 15 is 0 Å². The smallest absolute Gasteiger partial charge is 0.350 e. The molecular weight excluding hydrogens is 278 g/mol. The van der Waals surface area contributed by atoms with Crippen molar-refractivity contribution >= 4 is 11.9 Å². The Morgan fingerprint density at radius 3 is 2.36 bits per heavy atom. The van der Waals surface area contributed by atoms with E-state index in [-0.39, 0.29) is 12.0 Å². The van der Waals surface area contributed by atoms with Gasteiger partial charge in [0.1, 0.15) is 6.04 Å². The zero-order chi connectivity index (χ0) is 15.4. The summed E-state index contributed by atoms with van der Waals surface area (Å²) in [4.78, 5) is 16.8. The summed E-state index contributed by atoms with van der Waals surface area (Å²) < 4.78 is 10.9. The fourth-order valence-electron chi connectivity index (χ4n) is 2.43. The van der Waals surface area contributed by atoms with Crippen LogP contribution >= 0.6 is 0 Å². The van der Waals surface area contributed by atoms with Crippen LogP contribution in [-0.4, -0.2) is 24.6 Å². The number of ether oxygens (including phenoxy) is 2. The van der Waals surface area contributed by atoms with E-state index in [4.69, 9.17) is 9.47 Å². The summed E-state index contributed by atoms with van der Waals surface area (Å²) in [6, 6.07) is 18.9. The van der Waals surface area contributed by atoms with Crippen molar-refractivity contribution in [2.24, 2.45) is 4.99 Å². The Labute approximate surface area is 129 Å². The molecule has 4 heteroatoms. The third-order valence-electron chi connectivity index (χ3n) is 3.46. The minimum Gasteiger partial charge on any atom is -0.463 e. The maximum atomic E-state index is 12.2. The van der Waals surface area contributed by atoms with Gasteiger partial charge >= 0.3 is 5.97 Å². The van der Waals surface area contributed by atoms with Crippen molar-refractivity contribution in [1.29, 1.82) is 0 Å². The SMILES string of the molecule is CCOC(=O)[C@@H]1OC(c2ccccc2)=N[C@H]1c1ccccc1. The minimum absolute atomic E-state index is 0.320. The molecule has 2 aromatic rings. The molecule has 0 unspecified atom stereocenters. The maximum absolute atomic E-state index is 12.2. The fraction of sp³-hybridized carbons (Fsp3) is 0.222. The van der Waals surface area contributed by atoms with Gasteiger partial charge in [-0.05, 0) is 24.6 Å². The summed E-state index contributed by atoms with van der Waals surface area (Å²) in [5.74, 6) is 0.0959. The summed E-state index contributed by atoms with van der Waals surface area (Å²) >= 11 is 0. The third kappa shape index (κ3) is 2.86. The van der Waals surface area contributed by atoms with Crippen molar-refractivity contribution in [2.75, 3.05) is 6.61 Å². The first kappa shape index (κ1) is 14.3. The first-order chi connectivity index (χ1) is 10.8. The van der Waals surface area contributed by atoms with Crippen LogP contribution in [0.15, 0.2) is 65.7 Å². The Hall–Kier alpha value is -2.62. The topological polar surface area (TPSA) is 47.9 Å². The van der Waals surface area contributed by atoms with Gasteiger partial charge in [-0.1, -0.05) is 48.5 Å². The Kier molecular flexibility index (Phi) is 4.19. The number of nitrogens with zero attached hydrogens (tertiary/aromatic N) is 1. The zero-order valence-corrected chi connectivity index (χ0v) is 12.3. The molecule has 1 aliphatic heterocycles. The molecule has 0 radical (unpaired) electrons. The summed E-state index contributed by atoms with van der Waals surface area (Å²) in [6.07, 6.45) is -0.738. The number of hydrogen-bond donors (Lipinski definition) is 0. The van der Waals surface area contributed by atoms with Crippen LogP contribution in [0.2, 0.25) is 0 Å². The molecule has 0 fully saturated rings. The van der Waals surface area contributed by atoms with Crippen LogP contribution in [0.3, 0.4) is 0 Å². The highest BCUT2D eigenvalue weighted by atomic mass is 16.6. The van der Waals surface area contributed by atoms with Gasteiger partial charge in [-0.2, -0.15) is 0 Å². The Morgan fingerprint density at radius 1 is 1.09 bits per heavy atom. The van der Waals surface area contributed by atoms with E-state index in [9.17, 15) is 4.79 Å². The lowest BCUT2D eigenvalue weighted by molar-refractivity contribution is -0.152. The summed E-state index contributed by atoms with van der Waals surface area (Å²) in [5, 5.41) is 0. The minimum atomic E-state index is -0.738. The molecule has 1 heterocycles. The molecule has 4 nitrogen and oxygen atoms in total. The Bertz CT molecular complexity index is 667. The van der Waals surface area contributed by atoms with Gasteiger partial charge in [-0.15, -0.1) is 0 Å². The number of carbonyl (C=O) groups excluding carboxylic acids is 1. The van der Waals surface area contributed by atoms with Crippen molar-refractivity contribution in [3.05, 3.63) is 71.8 Å². The van der Waals surface area contributed by atoms with Gasteiger partial charge in [0.15, 0.2) is 0 Å². The Balaban J connectivity index is 1.94. The summed E-state index contributed by atoms with van der Waals surface area (Å²) in [7, 11) is 0. The van der Waals surface area contributed by atoms with E-state index in [2.05, 4.69) is 4.99 Å². The largest absolute Gasteiger partial charge is 0.463 e. The third-order valence-corrected chi connectivity index (χ3v) is 3.46. The highest BCUT2D eigenvalue weighted by molar-refractivity contribution is 5.98. The van der Waals surface area contributed by atoms with Gasteiger partial charge in [-0.3, -0.25) is 0 Å². The van der Waals surface area contributed by atoms with Crippen LogP contribution in [0.25, 0.3) is 0 Å². The molecule has 3 rings (SSSR count). The highest BCUT2D eigenvalue weighted by Gasteiger charge is 2.39. The molecule has 0 spiro atoms. The number of benzene rings is 2. The lowest BCUT2D eigenvalue weighted by Gasteiger charge is -2.16. The van der Waals surface area contributed by atoms with Gasteiger partial charge in [-0.25, -0.2) is 9.79 Å². The standard InChI is InChI=1S/C18H17NO3/c1-2-21-18(20)16-15(13-9-5-3-6-10-13)19-17(22-16)14-11-7-4-8-12-14/h3-12,15-16H,2H2,1H3/t15-,16+/m0/s1. The lowest BCUT2D eigenvalue weighted by atomic mass is 10.0. The number of carbonyl (C=O) groups is 1. The summed E-state index contributed by atoms with van der Waals surface area (Å²) in [5.41, 5.74) is 1.79. The van der Waals surface area contributed by atoms with E-state index in [1.807, 2.05) is 60.7 Å². The summed E-state index contributed by atoms with van der Waals surface area (Å²) in [6.45, 7) is 2.10. The van der Waals surface area contributed by atoms with Crippen molar-refractivity contribution in [3.8, 4) is 0 Å². The molecule has 112 valence electrons. The number of hydrogen-bond acceptors (Lipinski definition) is 4. The second-order valence-corrected chi connectivity index (χ2v) is 4.95. The van der Waals surface area contributed by atoms with Gasteiger partial charge in [0, 0.05) is 5.56 Å². The first-order valence-corrected chi connectivity index (χ1v) is 7.31. The van der Waals surface area contributed by atoms with Gasteiger partial charge in [0.25, 0.3) is 0 Å². The zero-order valence-electron chi connectivity index (χ0n) is 12.3. The fourth-order valence-corrected chi connectivity index (χ4v) is 2.43. The van der Waals surface area contributed by atoms with Crippen LogP contribution < -0.4 is 0 Å². The van der Waals surface area contributed by atoms with Crippen molar-refractivity contribution < 1.29 is 14.3 Å². The van der Waals surface area contributed by atoms with Crippen LogP contribution in [-0.2, 0) is 14.3 Å². The first-order valence-electron chi connectivity index (χ1n) is 7.31. The normalized spacial score (nSPS) is 20.1. The molecular formula is C18H17NO3. The van der Waals surface area contributed by atoms with E-state index in [1.54, 1.807) is 6.92 Å². The predicted molar refractivity (Wildman–Crippen MR) is 83.7 cm³/mol. The van der Waals surface area contributed by atoms with Crippen LogP contribution in [0, 0.1) is 0 Å². The molecule has 0 saturated heterocycles. The molecule has 0 N–H and O–H groups in total. The van der Waals surface area contributed by atoms with Crippen LogP contribution in [0.4, 0.5) is 0 Å².